The third-order valence-electron chi connectivity index (χ3n) is 8.35. The molecule has 1 saturated heterocycles. The first-order valence-electron chi connectivity index (χ1n) is 13.3. The van der Waals surface area contributed by atoms with Crippen molar-refractivity contribution in [1.82, 2.24) is 0 Å². The van der Waals surface area contributed by atoms with Crippen LogP contribution < -0.4 is 0 Å². The summed E-state index contributed by atoms with van der Waals surface area (Å²) in [6, 6.07) is 0. The van der Waals surface area contributed by atoms with Crippen LogP contribution in [0.4, 0.5) is 0 Å². The minimum Gasteiger partial charge on any atom is -0.462 e. The molecule has 38 heavy (non-hydrogen) atoms. The average Bonchev–Trinajstić information content (AvgIpc) is 3.20. The van der Waals surface area contributed by atoms with E-state index in [-0.39, 0.29) is 17.5 Å². The highest BCUT2D eigenvalue weighted by molar-refractivity contribution is 5.95. The van der Waals surface area contributed by atoms with Crippen LogP contribution in [0.5, 0.6) is 0 Å². The van der Waals surface area contributed by atoms with Gasteiger partial charge in [0.1, 0.15) is 23.1 Å². The van der Waals surface area contributed by atoms with E-state index in [9.17, 15) is 19.8 Å². The summed E-state index contributed by atoms with van der Waals surface area (Å²) in [7, 11) is 0. The van der Waals surface area contributed by atoms with Gasteiger partial charge in [0, 0.05) is 30.8 Å². The normalized spacial score (nSPS) is 38.6. The number of esters is 2. The molecular formula is C31H40O7. The number of aliphatic hydroxyl groups is 2. The maximum absolute atomic E-state index is 12.4. The Kier molecular flexibility index (Phi) is 7.07. The van der Waals surface area contributed by atoms with Gasteiger partial charge >= 0.3 is 11.9 Å². The molecule has 2 saturated carbocycles. The maximum atomic E-state index is 12.4. The molecule has 0 aromatic heterocycles. The summed E-state index contributed by atoms with van der Waals surface area (Å²) in [5, 5.41) is 21.3. The zero-order valence-corrected chi connectivity index (χ0v) is 23.5. The third kappa shape index (κ3) is 5.26. The van der Waals surface area contributed by atoms with E-state index in [2.05, 4.69) is 19.6 Å². The summed E-state index contributed by atoms with van der Waals surface area (Å²) >= 11 is 0. The molecule has 4 aliphatic rings. The summed E-state index contributed by atoms with van der Waals surface area (Å²) in [5.41, 5.74) is 1.64. The highest BCUT2D eigenvalue weighted by atomic mass is 16.6. The van der Waals surface area contributed by atoms with Gasteiger partial charge in [-0.15, -0.1) is 5.73 Å². The first-order chi connectivity index (χ1) is 17.5. The van der Waals surface area contributed by atoms with Crippen molar-refractivity contribution in [2.45, 2.75) is 103 Å². The predicted molar refractivity (Wildman–Crippen MR) is 143 cm³/mol. The highest BCUT2D eigenvalue weighted by Gasteiger charge is 2.74. The van der Waals surface area contributed by atoms with Crippen molar-refractivity contribution in [2.24, 2.45) is 10.8 Å². The first-order valence-corrected chi connectivity index (χ1v) is 13.3. The van der Waals surface area contributed by atoms with E-state index in [1.54, 1.807) is 43.4 Å². The van der Waals surface area contributed by atoms with E-state index in [0.29, 0.717) is 37.0 Å². The van der Waals surface area contributed by atoms with Crippen LogP contribution in [0, 0.1) is 10.8 Å². The van der Waals surface area contributed by atoms with Crippen molar-refractivity contribution in [3.63, 3.8) is 0 Å². The van der Waals surface area contributed by atoms with Gasteiger partial charge in [0.2, 0.25) is 0 Å². The molecule has 0 radical (unpaired) electrons. The minimum absolute atomic E-state index is 0.264. The number of carbonyl (C=O) groups excluding carboxylic acids is 2. The zero-order valence-electron chi connectivity index (χ0n) is 23.5. The van der Waals surface area contributed by atoms with Gasteiger partial charge in [0.15, 0.2) is 0 Å². The molecule has 0 spiro atoms. The molecule has 0 amide bonds. The summed E-state index contributed by atoms with van der Waals surface area (Å²) < 4.78 is 16.9. The molecule has 206 valence electrons. The van der Waals surface area contributed by atoms with Gasteiger partial charge in [-0.25, -0.2) is 4.79 Å². The summed E-state index contributed by atoms with van der Waals surface area (Å²) in [6.07, 6.45) is 13.7. The Morgan fingerprint density at radius 1 is 1.11 bits per heavy atom. The van der Waals surface area contributed by atoms with E-state index in [1.165, 1.54) is 6.92 Å². The van der Waals surface area contributed by atoms with Gasteiger partial charge in [0.05, 0.1) is 17.3 Å². The van der Waals surface area contributed by atoms with Crippen LogP contribution in [0.15, 0.2) is 65.2 Å². The molecule has 2 aliphatic heterocycles. The Morgan fingerprint density at radius 2 is 1.82 bits per heavy atom. The van der Waals surface area contributed by atoms with Crippen LogP contribution >= 0.6 is 0 Å². The molecule has 7 heteroatoms. The van der Waals surface area contributed by atoms with E-state index in [1.807, 2.05) is 26.8 Å². The Bertz CT molecular complexity index is 1180. The van der Waals surface area contributed by atoms with Gasteiger partial charge in [-0.2, -0.15) is 0 Å². The Hall–Kier alpha value is -2.70. The number of cyclic esters (lactones) is 1. The van der Waals surface area contributed by atoms with Crippen LogP contribution in [-0.4, -0.2) is 51.2 Å². The molecule has 3 fully saturated rings. The molecule has 2 heterocycles. The average molecular weight is 525 g/mol. The summed E-state index contributed by atoms with van der Waals surface area (Å²) in [5.74, 6) is -0.345. The molecule has 2 N–H and O–H groups in total. The predicted octanol–water partition coefficient (Wildman–Crippen LogP) is 4.76. The van der Waals surface area contributed by atoms with Crippen LogP contribution in [0.1, 0.15) is 74.1 Å². The monoisotopic (exact) mass is 524 g/mol. The van der Waals surface area contributed by atoms with Gasteiger partial charge in [-0.05, 0) is 62.5 Å². The van der Waals surface area contributed by atoms with Crippen molar-refractivity contribution in [2.75, 3.05) is 0 Å². The maximum Gasteiger partial charge on any atom is 0.343 e. The summed E-state index contributed by atoms with van der Waals surface area (Å²) in [6.45, 7) is 13.3. The van der Waals surface area contributed by atoms with Crippen molar-refractivity contribution in [1.29, 1.82) is 0 Å². The van der Waals surface area contributed by atoms with E-state index in [0.717, 1.165) is 5.57 Å². The van der Waals surface area contributed by atoms with E-state index >= 15 is 0 Å². The lowest BCUT2D eigenvalue weighted by Crippen LogP contribution is -2.46. The topological polar surface area (TPSA) is 106 Å². The smallest absolute Gasteiger partial charge is 0.343 e. The lowest BCUT2D eigenvalue weighted by Gasteiger charge is -2.44. The molecule has 0 bridgehead atoms. The van der Waals surface area contributed by atoms with Crippen LogP contribution in [0.25, 0.3) is 0 Å². The van der Waals surface area contributed by atoms with Gasteiger partial charge < -0.3 is 24.4 Å². The molecule has 4 rings (SSSR count). The standard InChI is InChI=1S/C31H40O7/c1-20(32)36-24-18-27(2,3)25(29(6,35)19-24)12-10-8-9-11-23-15-21(26(34)37-23)13-14-31-28(4,5)16-22(33)17-30(31,7)38-31/h8-11,13-15,22,24,33,35H,16-19H2,1-7H3/b9-8+,14-13+,23-11-/t12?,22-,24-,29+,30+,31-/m0/s1. The number of epoxide rings is 1. The van der Waals surface area contributed by atoms with E-state index in [4.69, 9.17) is 14.2 Å². The van der Waals surface area contributed by atoms with Crippen molar-refractivity contribution >= 4 is 11.9 Å². The lowest BCUT2D eigenvalue weighted by atomic mass is 9.63. The molecular weight excluding hydrogens is 484 g/mol. The van der Waals surface area contributed by atoms with Gasteiger partial charge in [-0.1, -0.05) is 39.8 Å². The number of hydrogen-bond acceptors (Lipinski definition) is 7. The number of carbonyl (C=O) groups is 2. The molecule has 7 nitrogen and oxygen atoms in total. The highest BCUT2D eigenvalue weighted by Crippen LogP contribution is 2.66. The second-order valence-corrected chi connectivity index (χ2v) is 12.8. The quantitative estimate of drug-likeness (QED) is 0.231. The summed E-state index contributed by atoms with van der Waals surface area (Å²) in [4.78, 5) is 23.8. The zero-order chi connectivity index (χ0) is 28.1. The number of fused-ring (bicyclic) bond motifs is 1. The van der Waals surface area contributed by atoms with Crippen molar-refractivity contribution in [3.05, 3.63) is 65.2 Å². The van der Waals surface area contributed by atoms with Crippen LogP contribution in [0.2, 0.25) is 0 Å². The molecule has 0 aromatic carbocycles. The Morgan fingerprint density at radius 3 is 2.45 bits per heavy atom. The number of hydrogen-bond donors (Lipinski definition) is 2. The molecule has 0 aromatic rings. The Labute approximate surface area is 225 Å². The second-order valence-electron chi connectivity index (χ2n) is 12.8. The number of aliphatic hydroxyl groups excluding tert-OH is 1. The van der Waals surface area contributed by atoms with Crippen molar-refractivity contribution in [3.8, 4) is 0 Å². The van der Waals surface area contributed by atoms with E-state index < -0.39 is 34.3 Å². The fraction of sp³-hybridized carbons (Fsp3) is 0.581. The van der Waals surface area contributed by atoms with Crippen molar-refractivity contribution < 1.29 is 34.0 Å². The molecule has 0 unspecified atom stereocenters. The fourth-order valence-electron chi connectivity index (χ4n) is 6.91. The van der Waals surface area contributed by atoms with Crippen LogP contribution in [0.3, 0.4) is 0 Å². The third-order valence-corrected chi connectivity index (χ3v) is 8.35. The first kappa shape index (κ1) is 28.3. The molecule has 5 atom stereocenters. The number of allylic oxidation sites excluding steroid dienone is 4. The SMILES string of the molecule is CC(=O)O[C@H]1CC(C)(C)C(=C=C/C=C/C=C2C=C(/C=C/[C@@]34O[C@]3(C)C[C@@H](O)CC4(C)C)C(=O)O/2)[C@](C)(O)C1. The largest absolute Gasteiger partial charge is 0.462 e. The fourth-order valence-corrected chi connectivity index (χ4v) is 6.91. The van der Waals surface area contributed by atoms with Gasteiger partial charge in [0.25, 0.3) is 0 Å². The second kappa shape index (κ2) is 9.49. The van der Waals surface area contributed by atoms with Crippen LogP contribution in [-0.2, 0) is 23.8 Å². The number of ether oxygens (including phenoxy) is 3. The Balaban J connectivity index is 1.46. The molecule has 2 aliphatic carbocycles. The lowest BCUT2D eigenvalue weighted by molar-refractivity contribution is -0.152. The van der Waals surface area contributed by atoms with Gasteiger partial charge in [-0.3, -0.25) is 4.79 Å². The minimum atomic E-state index is -1.15. The number of rotatable bonds is 5.